The lowest BCUT2D eigenvalue weighted by Gasteiger charge is -2.32. The Balaban J connectivity index is 1.87. The largest absolute Gasteiger partial charge is 0.424 e. The van der Waals surface area contributed by atoms with Crippen molar-refractivity contribution in [1.29, 1.82) is 0 Å². The molecule has 1 N–H and O–H groups in total. The molecular formula is C18H18BrF3N2O2S. The van der Waals surface area contributed by atoms with Crippen LogP contribution in [0.5, 0.6) is 0 Å². The molecule has 146 valence electrons. The van der Waals surface area contributed by atoms with Crippen molar-refractivity contribution in [2.75, 3.05) is 6.54 Å². The number of aliphatic hydroxyl groups is 1. The van der Waals surface area contributed by atoms with E-state index in [4.69, 9.17) is 0 Å². The zero-order valence-electron chi connectivity index (χ0n) is 14.5. The first-order valence-corrected chi connectivity index (χ1v) is 10.1. The summed E-state index contributed by atoms with van der Waals surface area (Å²) in [5.41, 5.74) is -2.05. The fourth-order valence-corrected chi connectivity index (χ4v) is 4.62. The van der Waals surface area contributed by atoms with E-state index in [0.29, 0.717) is 36.4 Å². The van der Waals surface area contributed by atoms with Gasteiger partial charge in [0, 0.05) is 22.1 Å². The van der Waals surface area contributed by atoms with E-state index in [-0.39, 0.29) is 6.04 Å². The number of nitrogens with zero attached hydrogens (tertiary/aromatic N) is 2. The van der Waals surface area contributed by atoms with Crippen LogP contribution in [-0.4, -0.2) is 33.6 Å². The number of aromatic nitrogens is 1. The van der Waals surface area contributed by atoms with Crippen molar-refractivity contribution in [2.24, 2.45) is 0 Å². The van der Waals surface area contributed by atoms with E-state index in [2.05, 4.69) is 20.9 Å². The Morgan fingerprint density at radius 2 is 2.19 bits per heavy atom. The summed E-state index contributed by atoms with van der Waals surface area (Å²) in [6.45, 7) is 1.91. The second-order valence-corrected chi connectivity index (χ2v) is 8.40. The third kappa shape index (κ3) is 4.05. The Morgan fingerprint density at radius 3 is 2.78 bits per heavy atom. The average Bonchev–Trinajstić information content (AvgIpc) is 3.22. The molecule has 2 heterocycles. The van der Waals surface area contributed by atoms with Crippen molar-refractivity contribution in [3.8, 4) is 0 Å². The SMILES string of the molecule is Cc1csc(C(O)(CC(=O)N2CCCC2c2cccc(Br)c2)C(F)(F)F)n1. The maximum atomic E-state index is 13.7. The Labute approximate surface area is 167 Å². The summed E-state index contributed by atoms with van der Waals surface area (Å²) in [4.78, 5) is 18.0. The van der Waals surface area contributed by atoms with E-state index >= 15 is 0 Å². The highest BCUT2D eigenvalue weighted by Gasteiger charge is 2.58. The fraction of sp³-hybridized carbons (Fsp3) is 0.444. The smallest absolute Gasteiger partial charge is 0.374 e. The Morgan fingerprint density at radius 1 is 1.44 bits per heavy atom. The van der Waals surface area contributed by atoms with Gasteiger partial charge in [-0.25, -0.2) is 4.98 Å². The lowest BCUT2D eigenvalue weighted by atomic mass is 9.97. The van der Waals surface area contributed by atoms with Crippen LogP contribution in [-0.2, 0) is 10.4 Å². The van der Waals surface area contributed by atoms with E-state index in [1.807, 2.05) is 24.3 Å². The van der Waals surface area contributed by atoms with Gasteiger partial charge in [-0.15, -0.1) is 11.3 Å². The molecule has 1 aliphatic rings. The number of rotatable bonds is 4. The van der Waals surface area contributed by atoms with Crippen LogP contribution in [0.15, 0.2) is 34.1 Å². The molecule has 1 aromatic heterocycles. The first-order chi connectivity index (χ1) is 12.6. The van der Waals surface area contributed by atoms with Crippen LogP contribution in [0, 0.1) is 6.92 Å². The molecule has 1 saturated heterocycles. The van der Waals surface area contributed by atoms with E-state index in [1.165, 1.54) is 10.3 Å². The monoisotopic (exact) mass is 462 g/mol. The summed E-state index contributed by atoms with van der Waals surface area (Å²) < 4.78 is 41.8. The topological polar surface area (TPSA) is 53.4 Å². The maximum Gasteiger partial charge on any atom is 0.424 e. The number of alkyl halides is 3. The second kappa shape index (κ2) is 7.52. The first kappa shape index (κ1) is 20.3. The van der Waals surface area contributed by atoms with Crippen LogP contribution in [0.25, 0.3) is 0 Å². The number of aryl methyl sites for hydroxylation is 1. The van der Waals surface area contributed by atoms with Gasteiger partial charge in [0.15, 0.2) is 0 Å². The lowest BCUT2D eigenvalue weighted by molar-refractivity contribution is -0.268. The van der Waals surface area contributed by atoms with Gasteiger partial charge in [-0.3, -0.25) is 4.79 Å². The predicted octanol–water partition coefficient (Wildman–Crippen LogP) is 4.72. The molecule has 0 spiro atoms. The molecule has 2 aromatic rings. The van der Waals surface area contributed by atoms with Gasteiger partial charge in [0.05, 0.1) is 12.5 Å². The number of thiazole rings is 1. The third-order valence-electron chi connectivity index (χ3n) is 4.66. The molecular weight excluding hydrogens is 445 g/mol. The van der Waals surface area contributed by atoms with Crippen LogP contribution in [0.4, 0.5) is 13.2 Å². The van der Waals surface area contributed by atoms with Gasteiger partial charge in [-0.05, 0) is 37.5 Å². The van der Waals surface area contributed by atoms with Gasteiger partial charge >= 0.3 is 6.18 Å². The molecule has 0 saturated carbocycles. The molecule has 1 aromatic carbocycles. The van der Waals surface area contributed by atoms with E-state index in [0.717, 1.165) is 10.0 Å². The average molecular weight is 463 g/mol. The minimum atomic E-state index is -5.00. The number of carbonyl (C=O) groups is 1. The van der Waals surface area contributed by atoms with Crippen molar-refractivity contribution < 1.29 is 23.1 Å². The highest BCUT2D eigenvalue weighted by atomic mass is 79.9. The number of amides is 1. The molecule has 3 rings (SSSR count). The van der Waals surface area contributed by atoms with Gasteiger partial charge < -0.3 is 10.0 Å². The highest BCUT2D eigenvalue weighted by Crippen LogP contribution is 2.44. The summed E-state index contributed by atoms with van der Waals surface area (Å²) in [5, 5.41) is 11.4. The zero-order chi connectivity index (χ0) is 19.8. The van der Waals surface area contributed by atoms with Crippen molar-refractivity contribution in [1.82, 2.24) is 9.88 Å². The first-order valence-electron chi connectivity index (χ1n) is 8.38. The highest BCUT2D eigenvalue weighted by molar-refractivity contribution is 9.10. The van der Waals surface area contributed by atoms with E-state index in [9.17, 15) is 23.1 Å². The maximum absolute atomic E-state index is 13.7. The summed E-state index contributed by atoms with van der Waals surface area (Å²) >= 11 is 4.08. The van der Waals surface area contributed by atoms with Crippen molar-refractivity contribution in [3.63, 3.8) is 0 Å². The fourth-order valence-electron chi connectivity index (χ4n) is 3.29. The van der Waals surface area contributed by atoms with Crippen molar-refractivity contribution in [2.45, 2.75) is 44.0 Å². The standard InChI is InChI=1S/C18H18BrF3N2O2S/c1-11-10-27-16(23-11)17(26,18(20,21)22)9-15(25)24-7-3-6-14(24)12-4-2-5-13(19)8-12/h2,4-5,8,10,14,26H,3,6-7,9H2,1H3. The molecule has 1 aliphatic heterocycles. The number of halogens is 4. The number of hydrogen-bond donors (Lipinski definition) is 1. The number of benzene rings is 1. The van der Waals surface area contributed by atoms with E-state index in [1.54, 1.807) is 6.92 Å². The molecule has 0 radical (unpaired) electrons. The van der Waals surface area contributed by atoms with Gasteiger partial charge in [0.2, 0.25) is 11.5 Å². The molecule has 0 aliphatic carbocycles. The van der Waals surface area contributed by atoms with Gasteiger partial charge in [0.25, 0.3) is 0 Å². The summed E-state index contributed by atoms with van der Waals surface area (Å²) in [5.74, 6) is -0.731. The van der Waals surface area contributed by atoms with Crippen molar-refractivity contribution in [3.05, 3.63) is 50.4 Å². The third-order valence-corrected chi connectivity index (χ3v) is 6.26. The van der Waals surface area contributed by atoms with E-state index < -0.39 is 29.1 Å². The molecule has 27 heavy (non-hydrogen) atoms. The second-order valence-electron chi connectivity index (χ2n) is 6.63. The molecule has 9 heteroatoms. The van der Waals surface area contributed by atoms with Crippen LogP contribution >= 0.6 is 27.3 Å². The molecule has 4 nitrogen and oxygen atoms in total. The minimum absolute atomic E-state index is 0.300. The van der Waals surface area contributed by atoms with Crippen LogP contribution in [0.1, 0.15) is 41.6 Å². The van der Waals surface area contributed by atoms with Crippen LogP contribution in [0.2, 0.25) is 0 Å². The number of likely N-dealkylation sites (tertiary alicyclic amines) is 1. The Bertz CT molecular complexity index is 842. The van der Waals surface area contributed by atoms with Crippen LogP contribution in [0.3, 0.4) is 0 Å². The van der Waals surface area contributed by atoms with Crippen molar-refractivity contribution >= 4 is 33.2 Å². The zero-order valence-corrected chi connectivity index (χ0v) is 16.9. The van der Waals surface area contributed by atoms with Gasteiger partial charge in [0.1, 0.15) is 5.01 Å². The summed E-state index contributed by atoms with van der Waals surface area (Å²) in [6.07, 6.45) is -4.71. The molecule has 2 unspecified atom stereocenters. The molecule has 1 amide bonds. The molecule has 0 bridgehead atoms. The number of carbonyl (C=O) groups excluding carboxylic acids is 1. The Hall–Kier alpha value is -1.45. The minimum Gasteiger partial charge on any atom is -0.374 e. The quantitative estimate of drug-likeness (QED) is 0.715. The van der Waals surface area contributed by atoms with Gasteiger partial charge in [-0.1, -0.05) is 28.1 Å². The summed E-state index contributed by atoms with van der Waals surface area (Å²) in [6, 6.07) is 7.07. The summed E-state index contributed by atoms with van der Waals surface area (Å²) in [7, 11) is 0. The Kier molecular flexibility index (Phi) is 5.65. The molecule has 2 atom stereocenters. The molecule has 1 fully saturated rings. The lowest BCUT2D eigenvalue weighted by Crippen LogP contribution is -2.47. The number of hydrogen-bond acceptors (Lipinski definition) is 4. The van der Waals surface area contributed by atoms with Gasteiger partial charge in [-0.2, -0.15) is 13.2 Å². The predicted molar refractivity (Wildman–Crippen MR) is 99.2 cm³/mol. The van der Waals surface area contributed by atoms with Crippen LogP contribution < -0.4 is 0 Å². The normalized spacial score (nSPS) is 19.9.